The molecule has 16 heavy (non-hydrogen) atoms. The van der Waals surface area contributed by atoms with Gasteiger partial charge in [0.05, 0.1) is 12.2 Å². The predicted molar refractivity (Wildman–Crippen MR) is 57.9 cm³/mol. The van der Waals surface area contributed by atoms with Crippen LogP contribution in [0.3, 0.4) is 0 Å². The molecule has 0 aromatic carbocycles. The van der Waals surface area contributed by atoms with Crippen LogP contribution in [0.25, 0.3) is 0 Å². The molecule has 1 aliphatic carbocycles. The number of hydrogen-bond donors (Lipinski definition) is 0. The van der Waals surface area contributed by atoms with Gasteiger partial charge in [0.15, 0.2) is 5.79 Å². The van der Waals surface area contributed by atoms with E-state index < -0.39 is 0 Å². The van der Waals surface area contributed by atoms with E-state index in [4.69, 9.17) is 14.2 Å². The van der Waals surface area contributed by atoms with Crippen LogP contribution in [0.1, 0.15) is 39.5 Å². The monoisotopic (exact) mass is 224 g/mol. The van der Waals surface area contributed by atoms with Gasteiger partial charge < -0.3 is 14.2 Å². The molecule has 2 bridgehead atoms. The molecule has 1 saturated carbocycles. The van der Waals surface area contributed by atoms with Gasteiger partial charge in [0, 0.05) is 12.8 Å². The van der Waals surface area contributed by atoms with Crippen molar-refractivity contribution in [2.75, 3.05) is 0 Å². The van der Waals surface area contributed by atoms with E-state index in [1.165, 1.54) is 12.8 Å². The zero-order valence-electron chi connectivity index (χ0n) is 10.0. The molecule has 1 spiro atoms. The van der Waals surface area contributed by atoms with Gasteiger partial charge in [-0.15, -0.1) is 0 Å². The Labute approximate surface area is 96.4 Å². The molecular formula is C13H20O3. The molecule has 0 radical (unpaired) electrons. The molecular weight excluding hydrogens is 204 g/mol. The van der Waals surface area contributed by atoms with Gasteiger partial charge in [-0.2, -0.15) is 0 Å². The van der Waals surface area contributed by atoms with E-state index in [0.29, 0.717) is 11.8 Å². The molecule has 4 aliphatic rings. The van der Waals surface area contributed by atoms with E-state index in [0.717, 1.165) is 12.8 Å². The van der Waals surface area contributed by atoms with Crippen molar-refractivity contribution in [2.45, 2.75) is 69.7 Å². The Kier molecular flexibility index (Phi) is 1.85. The zero-order valence-corrected chi connectivity index (χ0v) is 10.0. The first-order chi connectivity index (χ1) is 7.70. The fourth-order valence-corrected chi connectivity index (χ4v) is 4.10. The summed E-state index contributed by atoms with van der Waals surface area (Å²) in [5.41, 5.74) is 0. The summed E-state index contributed by atoms with van der Waals surface area (Å²) in [6.07, 6.45) is 5.67. The van der Waals surface area contributed by atoms with Crippen LogP contribution in [0, 0.1) is 11.8 Å². The van der Waals surface area contributed by atoms with Crippen molar-refractivity contribution in [2.24, 2.45) is 11.8 Å². The molecule has 3 saturated heterocycles. The Balaban J connectivity index is 1.62. The lowest BCUT2D eigenvalue weighted by molar-refractivity contribution is -0.197. The van der Waals surface area contributed by atoms with E-state index in [-0.39, 0.29) is 30.2 Å². The second kappa shape index (κ2) is 3.01. The predicted octanol–water partition coefficient (Wildman–Crippen LogP) is 2.09. The molecule has 0 N–H and O–H groups in total. The molecule has 3 aliphatic heterocycles. The lowest BCUT2D eigenvalue weighted by Gasteiger charge is -2.28. The molecule has 4 rings (SSSR count). The summed E-state index contributed by atoms with van der Waals surface area (Å²) in [5, 5.41) is 0. The Bertz CT molecular complexity index is 286. The molecule has 4 fully saturated rings. The van der Waals surface area contributed by atoms with Gasteiger partial charge in [-0.1, -0.05) is 13.8 Å². The highest BCUT2D eigenvalue weighted by Gasteiger charge is 2.65. The topological polar surface area (TPSA) is 27.7 Å². The van der Waals surface area contributed by atoms with Gasteiger partial charge in [-0.3, -0.25) is 0 Å². The van der Waals surface area contributed by atoms with Crippen molar-refractivity contribution in [3.8, 4) is 0 Å². The number of rotatable bonds is 0. The van der Waals surface area contributed by atoms with Crippen LogP contribution in [0.5, 0.6) is 0 Å². The van der Waals surface area contributed by atoms with Gasteiger partial charge in [-0.25, -0.2) is 0 Å². The van der Waals surface area contributed by atoms with Crippen LogP contribution < -0.4 is 0 Å². The third-order valence-electron chi connectivity index (χ3n) is 5.22. The van der Waals surface area contributed by atoms with Gasteiger partial charge in [0.1, 0.15) is 12.2 Å². The fraction of sp³-hybridized carbons (Fsp3) is 1.00. The maximum Gasteiger partial charge on any atom is 0.169 e. The van der Waals surface area contributed by atoms with Gasteiger partial charge >= 0.3 is 0 Å². The van der Waals surface area contributed by atoms with Gasteiger partial charge in [-0.05, 0) is 24.7 Å². The molecule has 3 heteroatoms. The first-order valence-electron chi connectivity index (χ1n) is 6.71. The van der Waals surface area contributed by atoms with Crippen LogP contribution >= 0.6 is 0 Å². The SMILES string of the molecule is CC1C(C)C2OC1C1OC3(CCCC3)OC21. The number of ether oxygens (including phenoxy) is 3. The van der Waals surface area contributed by atoms with E-state index in [1.54, 1.807) is 0 Å². The summed E-state index contributed by atoms with van der Waals surface area (Å²) in [4.78, 5) is 0. The number of fused-ring (bicyclic) bond motifs is 5. The quantitative estimate of drug-likeness (QED) is 0.630. The van der Waals surface area contributed by atoms with Crippen LogP contribution in [0.15, 0.2) is 0 Å². The third kappa shape index (κ3) is 1.05. The van der Waals surface area contributed by atoms with Crippen LogP contribution in [-0.4, -0.2) is 30.2 Å². The van der Waals surface area contributed by atoms with Crippen LogP contribution in [0.4, 0.5) is 0 Å². The number of hydrogen-bond acceptors (Lipinski definition) is 3. The smallest absolute Gasteiger partial charge is 0.169 e. The van der Waals surface area contributed by atoms with Crippen molar-refractivity contribution in [1.82, 2.24) is 0 Å². The van der Waals surface area contributed by atoms with Crippen molar-refractivity contribution < 1.29 is 14.2 Å². The Morgan fingerprint density at radius 3 is 1.81 bits per heavy atom. The Hall–Kier alpha value is -0.120. The van der Waals surface area contributed by atoms with Gasteiger partial charge in [0.25, 0.3) is 0 Å². The summed E-state index contributed by atoms with van der Waals surface area (Å²) >= 11 is 0. The van der Waals surface area contributed by atoms with Crippen molar-refractivity contribution in [3.63, 3.8) is 0 Å². The van der Waals surface area contributed by atoms with Crippen LogP contribution in [0.2, 0.25) is 0 Å². The summed E-state index contributed by atoms with van der Waals surface area (Å²) in [7, 11) is 0. The lowest BCUT2D eigenvalue weighted by atomic mass is 9.79. The van der Waals surface area contributed by atoms with Crippen LogP contribution in [-0.2, 0) is 14.2 Å². The molecule has 3 nitrogen and oxygen atoms in total. The molecule has 6 atom stereocenters. The summed E-state index contributed by atoms with van der Waals surface area (Å²) in [6, 6.07) is 0. The minimum atomic E-state index is -0.223. The molecule has 6 unspecified atom stereocenters. The summed E-state index contributed by atoms with van der Waals surface area (Å²) < 4.78 is 18.5. The molecule has 0 amide bonds. The second-order valence-corrected chi connectivity index (χ2v) is 6.07. The van der Waals surface area contributed by atoms with Gasteiger partial charge in [0.2, 0.25) is 0 Å². The average Bonchev–Trinajstić information content (AvgIpc) is 2.96. The second-order valence-electron chi connectivity index (χ2n) is 6.07. The first-order valence-corrected chi connectivity index (χ1v) is 6.71. The molecule has 90 valence electrons. The van der Waals surface area contributed by atoms with E-state index in [1.807, 2.05) is 0 Å². The normalized spacial score (nSPS) is 57.4. The maximum absolute atomic E-state index is 6.24. The summed E-state index contributed by atoms with van der Waals surface area (Å²) in [6.45, 7) is 4.57. The average molecular weight is 224 g/mol. The minimum Gasteiger partial charge on any atom is -0.369 e. The van der Waals surface area contributed by atoms with E-state index >= 15 is 0 Å². The van der Waals surface area contributed by atoms with E-state index in [2.05, 4.69) is 13.8 Å². The zero-order chi connectivity index (χ0) is 10.9. The highest BCUT2D eigenvalue weighted by molar-refractivity contribution is 5.09. The Morgan fingerprint density at radius 1 is 0.812 bits per heavy atom. The van der Waals surface area contributed by atoms with Crippen molar-refractivity contribution in [1.29, 1.82) is 0 Å². The Morgan fingerprint density at radius 2 is 1.31 bits per heavy atom. The molecule has 0 aromatic rings. The highest BCUT2D eigenvalue weighted by Crippen LogP contribution is 2.54. The standard InChI is InChI=1S/C13H20O3/c1-7-8(2)10-12-11(9(7)14-10)15-13(16-12)5-3-4-6-13/h7-12H,3-6H2,1-2H3. The van der Waals surface area contributed by atoms with E-state index in [9.17, 15) is 0 Å². The molecule has 0 aromatic heterocycles. The first kappa shape index (κ1) is 9.86. The van der Waals surface area contributed by atoms with Crippen molar-refractivity contribution in [3.05, 3.63) is 0 Å². The maximum atomic E-state index is 6.24. The largest absolute Gasteiger partial charge is 0.369 e. The van der Waals surface area contributed by atoms with Crippen molar-refractivity contribution >= 4 is 0 Å². The highest BCUT2D eigenvalue weighted by atomic mass is 16.8. The third-order valence-corrected chi connectivity index (χ3v) is 5.22. The summed E-state index contributed by atoms with van der Waals surface area (Å²) in [5.74, 6) is 1.01. The molecule has 3 heterocycles. The fourth-order valence-electron chi connectivity index (χ4n) is 4.10. The lowest BCUT2D eigenvalue weighted by Crippen LogP contribution is -2.42. The minimum absolute atomic E-state index is 0.217.